The van der Waals surface area contributed by atoms with Crippen molar-refractivity contribution in [2.45, 2.75) is 20.3 Å². The average Bonchev–Trinajstić information content (AvgIpc) is 3.38. The molecular weight excluding hydrogens is 306 g/mol. The highest BCUT2D eigenvalue weighted by molar-refractivity contribution is 6.00. The number of aryl methyl sites for hydroxylation is 2. The van der Waals surface area contributed by atoms with Crippen molar-refractivity contribution in [3.63, 3.8) is 0 Å². The van der Waals surface area contributed by atoms with Crippen molar-refractivity contribution >= 4 is 23.9 Å². The SMILES string of the molecule is Cc1ccc(C)c(NC(=O)C2CC2C(=O)N2CCN(C=O)CC2)c1. The zero-order valence-electron chi connectivity index (χ0n) is 14.1. The van der Waals surface area contributed by atoms with Crippen molar-refractivity contribution < 1.29 is 14.4 Å². The zero-order valence-corrected chi connectivity index (χ0v) is 14.1. The Hall–Kier alpha value is -2.37. The maximum Gasteiger partial charge on any atom is 0.228 e. The van der Waals surface area contributed by atoms with Crippen molar-refractivity contribution in [2.24, 2.45) is 11.8 Å². The molecule has 0 radical (unpaired) electrons. The maximum absolute atomic E-state index is 12.5. The molecule has 1 saturated heterocycles. The van der Waals surface area contributed by atoms with Crippen LogP contribution in [0.3, 0.4) is 0 Å². The highest BCUT2D eigenvalue weighted by atomic mass is 16.2. The fourth-order valence-electron chi connectivity index (χ4n) is 3.14. The van der Waals surface area contributed by atoms with Crippen LogP contribution in [0.5, 0.6) is 0 Å². The summed E-state index contributed by atoms with van der Waals surface area (Å²) in [6.45, 7) is 6.19. The molecule has 1 aromatic carbocycles. The van der Waals surface area contributed by atoms with Crippen LogP contribution in [0.2, 0.25) is 0 Å². The van der Waals surface area contributed by atoms with E-state index in [1.165, 1.54) is 0 Å². The number of anilines is 1. The summed E-state index contributed by atoms with van der Waals surface area (Å²) in [6, 6.07) is 5.94. The lowest BCUT2D eigenvalue weighted by molar-refractivity contribution is -0.137. The standard InChI is InChI=1S/C18H23N3O3/c1-12-3-4-13(2)16(9-12)19-17(23)14-10-15(14)18(24)21-7-5-20(11-22)6-8-21/h3-4,9,11,14-15H,5-8,10H2,1-2H3,(H,19,23). The molecule has 1 aliphatic heterocycles. The van der Waals surface area contributed by atoms with Crippen molar-refractivity contribution in [3.05, 3.63) is 29.3 Å². The smallest absolute Gasteiger partial charge is 0.228 e. The summed E-state index contributed by atoms with van der Waals surface area (Å²) >= 11 is 0. The summed E-state index contributed by atoms with van der Waals surface area (Å²) in [6.07, 6.45) is 1.43. The van der Waals surface area contributed by atoms with Crippen LogP contribution < -0.4 is 5.32 Å². The van der Waals surface area contributed by atoms with Crippen LogP contribution in [0, 0.1) is 25.7 Å². The zero-order chi connectivity index (χ0) is 17.3. The van der Waals surface area contributed by atoms with Crippen LogP contribution in [-0.4, -0.2) is 54.2 Å². The molecule has 6 heteroatoms. The highest BCUT2D eigenvalue weighted by Gasteiger charge is 2.49. The van der Waals surface area contributed by atoms with Crippen molar-refractivity contribution in [2.75, 3.05) is 31.5 Å². The van der Waals surface area contributed by atoms with Crippen molar-refractivity contribution in [3.8, 4) is 0 Å². The van der Waals surface area contributed by atoms with E-state index >= 15 is 0 Å². The van der Waals surface area contributed by atoms with Gasteiger partial charge in [-0.3, -0.25) is 14.4 Å². The van der Waals surface area contributed by atoms with E-state index in [1.807, 2.05) is 32.0 Å². The Morgan fingerprint density at radius 2 is 1.83 bits per heavy atom. The van der Waals surface area contributed by atoms with E-state index in [1.54, 1.807) is 9.80 Å². The fraction of sp³-hybridized carbons (Fsp3) is 0.500. The lowest BCUT2D eigenvalue weighted by Gasteiger charge is -2.32. The molecule has 2 fully saturated rings. The minimum absolute atomic E-state index is 0.0432. The lowest BCUT2D eigenvalue weighted by Crippen LogP contribution is -2.48. The lowest BCUT2D eigenvalue weighted by atomic mass is 10.1. The number of nitrogens with one attached hydrogen (secondary N) is 1. The Bertz CT molecular complexity index is 665. The Kier molecular flexibility index (Phi) is 4.55. The van der Waals surface area contributed by atoms with Gasteiger partial charge in [0.15, 0.2) is 0 Å². The van der Waals surface area contributed by atoms with Gasteiger partial charge >= 0.3 is 0 Å². The van der Waals surface area contributed by atoms with Gasteiger partial charge in [-0.25, -0.2) is 0 Å². The quantitative estimate of drug-likeness (QED) is 0.843. The number of benzene rings is 1. The average molecular weight is 329 g/mol. The molecule has 1 aliphatic carbocycles. The first-order valence-corrected chi connectivity index (χ1v) is 8.36. The molecule has 2 aliphatic rings. The third-order valence-electron chi connectivity index (χ3n) is 4.87. The molecule has 0 spiro atoms. The molecule has 1 saturated carbocycles. The second-order valence-electron chi connectivity index (χ2n) is 6.72. The molecule has 0 aromatic heterocycles. The normalized spacial score (nSPS) is 22.9. The molecule has 0 bridgehead atoms. The van der Waals surface area contributed by atoms with E-state index in [9.17, 15) is 14.4 Å². The monoisotopic (exact) mass is 329 g/mol. The highest BCUT2D eigenvalue weighted by Crippen LogP contribution is 2.41. The van der Waals surface area contributed by atoms with E-state index in [0.717, 1.165) is 23.2 Å². The number of hydrogen-bond donors (Lipinski definition) is 1. The van der Waals surface area contributed by atoms with Crippen LogP contribution in [0.1, 0.15) is 17.5 Å². The van der Waals surface area contributed by atoms with Gasteiger partial charge in [0.2, 0.25) is 18.2 Å². The summed E-state index contributed by atoms with van der Waals surface area (Å²) in [5.74, 6) is -0.477. The van der Waals surface area contributed by atoms with Gasteiger partial charge < -0.3 is 15.1 Å². The number of carbonyl (C=O) groups is 3. The number of carbonyl (C=O) groups excluding carboxylic acids is 3. The molecule has 3 rings (SSSR count). The van der Waals surface area contributed by atoms with E-state index in [4.69, 9.17) is 0 Å². The molecule has 1 aromatic rings. The third-order valence-corrected chi connectivity index (χ3v) is 4.87. The molecule has 2 atom stereocenters. The summed E-state index contributed by atoms with van der Waals surface area (Å²) in [5.41, 5.74) is 2.92. The molecule has 6 nitrogen and oxygen atoms in total. The van der Waals surface area contributed by atoms with Gasteiger partial charge in [-0.15, -0.1) is 0 Å². The molecule has 24 heavy (non-hydrogen) atoms. The van der Waals surface area contributed by atoms with E-state index in [0.29, 0.717) is 32.6 Å². The Labute approximate surface area is 141 Å². The second kappa shape index (κ2) is 6.63. The Morgan fingerprint density at radius 3 is 2.50 bits per heavy atom. The molecule has 3 amide bonds. The fourth-order valence-corrected chi connectivity index (χ4v) is 3.14. The van der Waals surface area contributed by atoms with Crippen LogP contribution in [0.25, 0.3) is 0 Å². The third kappa shape index (κ3) is 3.42. The van der Waals surface area contributed by atoms with Gasteiger partial charge in [0.25, 0.3) is 0 Å². The number of nitrogens with zero attached hydrogens (tertiary/aromatic N) is 2. The van der Waals surface area contributed by atoms with Crippen LogP contribution in [-0.2, 0) is 14.4 Å². The van der Waals surface area contributed by atoms with Gasteiger partial charge in [-0.2, -0.15) is 0 Å². The van der Waals surface area contributed by atoms with Gasteiger partial charge in [0, 0.05) is 31.9 Å². The Morgan fingerprint density at radius 1 is 1.12 bits per heavy atom. The van der Waals surface area contributed by atoms with Crippen LogP contribution in [0.15, 0.2) is 18.2 Å². The first-order chi connectivity index (χ1) is 11.5. The number of piperazine rings is 1. The largest absolute Gasteiger partial charge is 0.342 e. The maximum atomic E-state index is 12.5. The van der Waals surface area contributed by atoms with E-state index < -0.39 is 0 Å². The number of rotatable bonds is 4. The predicted molar refractivity (Wildman–Crippen MR) is 90.4 cm³/mol. The number of amides is 3. The minimum Gasteiger partial charge on any atom is -0.342 e. The van der Waals surface area contributed by atoms with Crippen molar-refractivity contribution in [1.82, 2.24) is 9.80 Å². The molecule has 128 valence electrons. The first kappa shape index (κ1) is 16.5. The van der Waals surface area contributed by atoms with Gasteiger partial charge in [0.05, 0.1) is 11.8 Å². The van der Waals surface area contributed by atoms with E-state index in [2.05, 4.69) is 5.32 Å². The Balaban J connectivity index is 1.55. The van der Waals surface area contributed by atoms with Crippen LogP contribution >= 0.6 is 0 Å². The summed E-state index contributed by atoms with van der Waals surface area (Å²) in [4.78, 5) is 39.0. The molecule has 1 heterocycles. The molecule has 2 unspecified atom stereocenters. The molecular formula is C18H23N3O3. The topological polar surface area (TPSA) is 69.7 Å². The molecule has 1 N–H and O–H groups in total. The summed E-state index contributed by atoms with van der Waals surface area (Å²) < 4.78 is 0. The summed E-state index contributed by atoms with van der Waals surface area (Å²) in [5, 5.41) is 2.95. The van der Waals surface area contributed by atoms with Crippen LogP contribution in [0.4, 0.5) is 5.69 Å². The predicted octanol–water partition coefficient (Wildman–Crippen LogP) is 1.18. The first-order valence-electron chi connectivity index (χ1n) is 8.36. The second-order valence-corrected chi connectivity index (χ2v) is 6.72. The van der Waals surface area contributed by atoms with Gasteiger partial charge in [-0.1, -0.05) is 12.1 Å². The van der Waals surface area contributed by atoms with E-state index in [-0.39, 0.29) is 23.7 Å². The number of hydrogen-bond acceptors (Lipinski definition) is 3. The minimum atomic E-state index is -0.235. The van der Waals surface area contributed by atoms with Gasteiger partial charge in [-0.05, 0) is 37.5 Å². The van der Waals surface area contributed by atoms with Gasteiger partial charge in [0.1, 0.15) is 0 Å². The van der Waals surface area contributed by atoms with Crippen molar-refractivity contribution in [1.29, 1.82) is 0 Å². The summed E-state index contributed by atoms with van der Waals surface area (Å²) in [7, 11) is 0.